The largest absolute Gasteiger partial charge is 0.315 e. The van der Waals surface area contributed by atoms with Gasteiger partial charge in [-0.25, -0.2) is 0 Å². The fraction of sp³-hybridized carbons (Fsp3) is 0.111. The van der Waals surface area contributed by atoms with Gasteiger partial charge in [0.15, 0.2) is 0 Å². The molecule has 1 amide bonds. The Balaban J connectivity index is 2.82. The highest BCUT2D eigenvalue weighted by molar-refractivity contribution is 5.74. The minimum absolute atomic E-state index is 0.466. The van der Waals surface area contributed by atoms with E-state index in [4.69, 9.17) is 0 Å². The second kappa shape index (κ2) is 3.76. The number of carbonyl (C=O) groups is 1. The smallest absolute Gasteiger partial charge is 0.214 e. The average Bonchev–Trinajstić information content (AvgIpc) is 2.09. The zero-order valence-electron chi connectivity index (χ0n) is 6.23. The van der Waals surface area contributed by atoms with Gasteiger partial charge in [-0.2, -0.15) is 0 Å². The van der Waals surface area contributed by atoms with Crippen molar-refractivity contribution in [1.29, 1.82) is 0 Å². The van der Waals surface area contributed by atoms with Crippen LogP contribution in [0, 0.1) is 6.92 Å². The van der Waals surface area contributed by atoms with Crippen LogP contribution in [0.25, 0.3) is 0 Å². The molecular formula is C9H10NO. The van der Waals surface area contributed by atoms with E-state index in [1.165, 1.54) is 0 Å². The number of anilines is 1. The Hall–Kier alpha value is -1.31. The second-order valence-electron chi connectivity index (χ2n) is 2.13. The highest BCUT2D eigenvalue weighted by atomic mass is 16.1. The number of hydrogen-bond acceptors (Lipinski definition) is 1. The first-order valence-electron chi connectivity index (χ1n) is 3.44. The molecule has 0 spiro atoms. The molecule has 0 saturated carbocycles. The van der Waals surface area contributed by atoms with Gasteiger partial charge >= 0.3 is 0 Å². The highest BCUT2D eigenvalue weighted by Gasteiger charge is 1.98. The van der Waals surface area contributed by atoms with Crippen LogP contribution in [0.3, 0.4) is 0 Å². The normalized spacial score (nSPS) is 9.18. The molecule has 11 heavy (non-hydrogen) atoms. The van der Waals surface area contributed by atoms with Crippen molar-refractivity contribution in [1.82, 2.24) is 0 Å². The van der Waals surface area contributed by atoms with Gasteiger partial charge in [0.2, 0.25) is 6.41 Å². The predicted molar refractivity (Wildman–Crippen MR) is 45.2 cm³/mol. The van der Waals surface area contributed by atoms with Crippen molar-refractivity contribution < 1.29 is 4.79 Å². The summed E-state index contributed by atoms with van der Waals surface area (Å²) < 4.78 is 0. The van der Waals surface area contributed by atoms with Gasteiger partial charge in [0.05, 0.1) is 0 Å². The Morgan fingerprint density at radius 1 is 1.36 bits per heavy atom. The van der Waals surface area contributed by atoms with Gasteiger partial charge < -0.3 is 4.90 Å². The maximum Gasteiger partial charge on any atom is 0.214 e. The van der Waals surface area contributed by atoms with Gasteiger partial charge in [0.25, 0.3) is 0 Å². The molecule has 0 N–H and O–H groups in total. The molecule has 0 fully saturated rings. The lowest BCUT2D eigenvalue weighted by molar-refractivity contribution is -0.107. The van der Waals surface area contributed by atoms with E-state index in [1.54, 1.807) is 4.90 Å². The third kappa shape index (κ3) is 1.80. The molecule has 0 aliphatic carbocycles. The number of amides is 1. The number of hydrogen-bond donors (Lipinski definition) is 0. The van der Waals surface area contributed by atoms with Crippen LogP contribution in [-0.2, 0) is 4.79 Å². The van der Waals surface area contributed by atoms with Gasteiger partial charge in [-0.05, 0) is 19.1 Å². The fourth-order valence-electron chi connectivity index (χ4n) is 0.862. The summed E-state index contributed by atoms with van der Waals surface area (Å²) in [6, 6.07) is 9.44. The van der Waals surface area contributed by atoms with Crippen molar-refractivity contribution in [3.63, 3.8) is 0 Å². The van der Waals surface area contributed by atoms with E-state index in [-0.39, 0.29) is 0 Å². The van der Waals surface area contributed by atoms with E-state index in [1.807, 2.05) is 30.3 Å². The van der Waals surface area contributed by atoms with Gasteiger partial charge in [0.1, 0.15) is 0 Å². The van der Waals surface area contributed by atoms with Crippen molar-refractivity contribution in [2.24, 2.45) is 0 Å². The topological polar surface area (TPSA) is 20.3 Å². The maximum absolute atomic E-state index is 10.4. The summed E-state index contributed by atoms with van der Waals surface area (Å²) in [6.45, 7) is 4.09. The third-order valence-electron chi connectivity index (χ3n) is 1.46. The van der Waals surface area contributed by atoms with Crippen LogP contribution in [0.1, 0.15) is 0 Å². The summed E-state index contributed by atoms with van der Waals surface area (Å²) in [5, 5.41) is 0. The second-order valence-corrected chi connectivity index (χ2v) is 2.13. The van der Waals surface area contributed by atoms with Crippen LogP contribution < -0.4 is 4.90 Å². The number of para-hydroxylation sites is 1. The molecule has 0 saturated heterocycles. The molecule has 1 aromatic rings. The zero-order chi connectivity index (χ0) is 8.10. The minimum atomic E-state index is 0.466. The summed E-state index contributed by atoms with van der Waals surface area (Å²) in [5.41, 5.74) is 0.887. The van der Waals surface area contributed by atoms with Gasteiger partial charge in [-0.15, -0.1) is 0 Å². The molecule has 0 unspecified atom stereocenters. The standard InChI is InChI=1S/C9H10NO/c1-2-10(8-11)9-6-4-3-5-7-9/h3-8H,1-2H2. The van der Waals surface area contributed by atoms with Gasteiger partial charge in [-0.3, -0.25) is 4.79 Å². The Morgan fingerprint density at radius 3 is 2.45 bits per heavy atom. The molecule has 0 aliphatic rings. The number of nitrogens with zero attached hydrogens (tertiary/aromatic N) is 1. The van der Waals surface area contributed by atoms with Crippen LogP contribution in [-0.4, -0.2) is 13.0 Å². The lowest BCUT2D eigenvalue weighted by atomic mass is 10.3. The van der Waals surface area contributed by atoms with E-state index in [0.717, 1.165) is 12.1 Å². The maximum atomic E-state index is 10.4. The quantitative estimate of drug-likeness (QED) is 0.594. The summed E-state index contributed by atoms with van der Waals surface area (Å²) >= 11 is 0. The van der Waals surface area contributed by atoms with Crippen LogP contribution in [0.2, 0.25) is 0 Å². The molecule has 1 rings (SSSR count). The number of carbonyl (C=O) groups excluding carboxylic acids is 1. The Bertz CT molecular complexity index is 220. The van der Waals surface area contributed by atoms with E-state index in [9.17, 15) is 4.79 Å². The summed E-state index contributed by atoms with van der Waals surface area (Å²) in [4.78, 5) is 12.0. The number of rotatable bonds is 3. The fourth-order valence-corrected chi connectivity index (χ4v) is 0.862. The van der Waals surface area contributed by atoms with Crippen LogP contribution in [0.4, 0.5) is 5.69 Å². The Labute approximate surface area is 66.4 Å². The Kier molecular flexibility index (Phi) is 2.66. The Morgan fingerprint density at radius 2 is 2.00 bits per heavy atom. The molecule has 1 aromatic carbocycles. The molecule has 57 valence electrons. The van der Waals surface area contributed by atoms with E-state index in [2.05, 4.69) is 6.92 Å². The molecule has 2 heteroatoms. The molecule has 0 atom stereocenters. The summed E-state index contributed by atoms with van der Waals surface area (Å²) in [6.07, 6.45) is 0.780. The first-order chi connectivity index (χ1) is 5.38. The van der Waals surface area contributed by atoms with Crippen molar-refractivity contribution in [3.8, 4) is 0 Å². The molecular weight excluding hydrogens is 138 g/mol. The lowest BCUT2D eigenvalue weighted by Gasteiger charge is -2.13. The lowest BCUT2D eigenvalue weighted by Crippen LogP contribution is -2.19. The van der Waals surface area contributed by atoms with Crippen molar-refractivity contribution >= 4 is 12.1 Å². The van der Waals surface area contributed by atoms with Crippen LogP contribution in [0.15, 0.2) is 30.3 Å². The number of benzene rings is 1. The zero-order valence-corrected chi connectivity index (χ0v) is 6.23. The molecule has 2 nitrogen and oxygen atoms in total. The van der Waals surface area contributed by atoms with Crippen molar-refractivity contribution in [3.05, 3.63) is 37.3 Å². The van der Waals surface area contributed by atoms with Crippen LogP contribution in [0.5, 0.6) is 0 Å². The average molecular weight is 148 g/mol. The monoisotopic (exact) mass is 148 g/mol. The first-order valence-corrected chi connectivity index (χ1v) is 3.44. The minimum Gasteiger partial charge on any atom is -0.315 e. The van der Waals surface area contributed by atoms with E-state index in [0.29, 0.717) is 6.54 Å². The highest BCUT2D eigenvalue weighted by Crippen LogP contribution is 2.09. The van der Waals surface area contributed by atoms with Gasteiger partial charge in [0, 0.05) is 12.2 Å². The molecule has 0 heterocycles. The molecule has 0 aliphatic heterocycles. The van der Waals surface area contributed by atoms with Gasteiger partial charge in [-0.1, -0.05) is 18.2 Å². The SMILES string of the molecule is [CH2]CN(C=O)c1ccccc1. The van der Waals surface area contributed by atoms with E-state index < -0.39 is 0 Å². The summed E-state index contributed by atoms with van der Waals surface area (Å²) in [5.74, 6) is 0. The predicted octanol–water partition coefficient (Wildman–Crippen LogP) is 1.48. The van der Waals surface area contributed by atoms with Crippen molar-refractivity contribution in [2.75, 3.05) is 11.4 Å². The van der Waals surface area contributed by atoms with Crippen molar-refractivity contribution in [2.45, 2.75) is 0 Å². The molecule has 0 aromatic heterocycles. The van der Waals surface area contributed by atoms with E-state index >= 15 is 0 Å². The first kappa shape index (κ1) is 7.79. The van der Waals surface area contributed by atoms with Crippen LogP contribution >= 0.6 is 0 Å². The summed E-state index contributed by atoms with van der Waals surface area (Å²) in [7, 11) is 0. The third-order valence-corrected chi connectivity index (χ3v) is 1.46. The molecule has 1 radical (unpaired) electrons. The molecule has 0 bridgehead atoms.